The quantitative estimate of drug-likeness (QED) is 0.853. The predicted octanol–water partition coefficient (Wildman–Crippen LogP) is 2.06. The lowest BCUT2D eigenvalue weighted by Crippen LogP contribution is -2.07. The summed E-state index contributed by atoms with van der Waals surface area (Å²) in [5, 5.41) is 14.5. The molecule has 1 N–H and O–H groups in total. The van der Waals surface area contributed by atoms with Gasteiger partial charge in [0.2, 0.25) is 0 Å². The third kappa shape index (κ3) is 1.66. The summed E-state index contributed by atoms with van der Waals surface area (Å²) in [5.41, 5.74) is 1.43. The largest absolute Gasteiger partial charge is 0.466 e. The Morgan fingerprint density at radius 3 is 2.80 bits per heavy atom. The highest BCUT2D eigenvalue weighted by atomic mass is 35.5. The van der Waals surface area contributed by atoms with Gasteiger partial charge in [-0.15, -0.1) is 0 Å². The lowest BCUT2D eigenvalue weighted by atomic mass is 10.1. The van der Waals surface area contributed by atoms with Gasteiger partial charge in [0, 0.05) is 7.05 Å². The van der Waals surface area contributed by atoms with Crippen LogP contribution < -0.4 is 0 Å². The van der Waals surface area contributed by atoms with Gasteiger partial charge in [-0.05, 0) is 18.6 Å². The third-order valence-corrected chi connectivity index (χ3v) is 2.64. The van der Waals surface area contributed by atoms with E-state index in [-0.39, 0.29) is 0 Å². The van der Waals surface area contributed by atoms with Crippen LogP contribution in [-0.2, 0) is 7.05 Å². The average molecular weight is 227 g/mol. The summed E-state index contributed by atoms with van der Waals surface area (Å²) < 4.78 is 6.75. The molecule has 15 heavy (non-hydrogen) atoms. The third-order valence-electron chi connectivity index (χ3n) is 2.35. The molecule has 2 aromatic heterocycles. The minimum atomic E-state index is -0.875. The monoisotopic (exact) mass is 226 g/mol. The second-order valence-corrected chi connectivity index (χ2v) is 3.78. The maximum absolute atomic E-state index is 10.1. The van der Waals surface area contributed by atoms with E-state index in [9.17, 15) is 5.11 Å². The van der Waals surface area contributed by atoms with Gasteiger partial charge in [-0.2, -0.15) is 5.10 Å². The van der Waals surface area contributed by atoms with Crippen LogP contribution in [0.5, 0.6) is 0 Å². The number of aromatic nitrogens is 2. The van der Waals surface area contributed by atoms with E-state index in [0.29, 0.717) is 16.5 Å². The van der Waals surface area contributed by atoms with Crippen molar-refractivity contribution in [2.75, 3.05) is 0 Å². The smallest absolute Gasteiger partial charge is 0.155 e. The van der Waals surface area contributed by atoms with E-state index in [1.807, 2.05) is 6.92 Å². The predicted molar refractivity (Wildman–Crippen MR) is 55.7 cm³/mol. The Balaban J connectivity index is 2.45. The van der Waals surface area contributed by atoms with Crippen LogP contribution in [0, 0.1) is 6.92 Å². The molecule has 0 saturated carbocycles. The molecule has 2 aromatic rings. The highest BCUT2D eigenvalue weighted by Crippen LogP contribution is 2.29. The Labute approximate surface area is 92.1 Å². The van der Waals surface area contributed by atoms with E-state index in [1.54, 1.807) is 13.1 Å². The molecule has 5 heteroatoms. The van der Waals surface area contributed by atoms with Gasteiger partial charge >= 0.3 is 0 Å². The number of aryl methyl sites for hydroxylation is 2. The zero-order valence-corrected chi connectivity index (χ0v) is 9.19. The highest BCUT2D eigenvalue weighted by molar-refractivity contribution is 6.31. The van der Waals surface area contributed by atoms with Gasteiger partial charge in [-0.25, -0.2) is 0 Å². The summed E-state index contributed by atoms with van der Waals surface area (Å²) in [6.07, 6.45) is 2.16. The minimum Gasteiger partial charge on any atom is -0.466 e. The normalized spacial score (nSPS) is 13.1. The molecule has 0 aliphatic heterocycles. The van der Waals surface area contributed by atoms with Crippen molar-refractivity contribution in [3.63, 3.8) is 0 Å². The number of halogens is 1. The first-order valence-corrected chi connectivity index (χ1v) is 4.88. The molecular weight excluding hydrogens is 216 g/mol. The lowest BCUT2D eigenvalue weighted by molar-refractivity contribution is 0.179. The number of furan rings is 1. The van der Waals surface area contributed by atoms with Crippen LogP contribution in [0.25, 0.3) is 0 Å². The summed E-state index contributed by atoms with van der Waals surface area (Å²) in [7, 11) is 1.72. The molecule has 1 unspecified atom stereocenters. The summed E-state index contributed by atoms with van der Waals surface area (Å²) >= 11 is 5.92. The van der Waals surface area contributed by atoms with Crippen LogP contribution in [0.15, 0.2) is 22.9 Å². The number of aliphatic hydroxyl groups excluding tert-OH is 1. The van der Waals surface area contributed by atoms with Gasteiger partial charge in [-0.1, -0.05) is 11.6 Å². The summed E-state index contributed by atoms with van der Waals surface area (Å²) in [4.78, 5) is 0. The number of hydrogen-bond donors (Lipinski definition) is 1. The van der Waals surface area contributed by atoms with Crippen molar-refractivity contribution in [3.05, 3.63) is 40.6 Å². The fourth-order valence-corrected chi connectivity index (χ4v) is 1.79. The molecule has 0 bridgehead atoms. The van der Waals surface area contributed by atoms with E-state index in [4.69, 9.17) is 16.0 Å². The topological polar surface area (TPSA) is 51.2 Å². The van der Waals surface area contributed by atoms with Crippen LogP contribution in [0.2, 0.25) is 5.02 Å². The molecule has 2 heterocycles. The van der Waals surface area contributed by atoms with Crippen LogP contribution in [0.3, 0.4) is 0 Å². The van der Waals surface area contributed by atoms with Gasteiger partial charge in [-0.3, -0.25) is 4.68 Å². The molecule has 2 rings (SSSR count). The zero-order chi connectivity index (χ0) is 11.0. The lowest BCUT2D eigenvalue weighted by Gasteiger charge is -2.10. The molecule has 0 fully saturated rings. The van der Waals surface area contributed by atoms with Crippen molar-refractivity contribution in [2.24, 2.45) is 7.05 Å². The molecule has 0 amide bonds. The SMILES string of the molecule is Cc1ccoc1C(O)c1c(Cl)cnn1C. The van der Waals surface area contributed by atoms with Crippen molar-refractivity contribution in [3.8, 4) is 0 Å². The van der Waals surface area contributed by atoms with Crippen molar-refractivity contribution >= 4 is 11.6 Å². The molecule has 1 atom stereocenters. The van der Waals surface area contributed by atoms with Gasteiger partial charge < -0.3 is 9.52 Å². The van der Waals surface area contributed by atoms with E-state index >= 15 is 0 Å². The van der Waals surface area contributed by atoms with Crippen LogP contribution >= 0.6 is 11.6 Å². The number of rotatable bonds is 2. The fraction of sp³-hybridized carbons (Fsp3) is 0.300. The van der Waals surface area contributed by atoms with E-state index in [0.717, 1.165) is 5.56 Å². The van der Waals surface area contributed by atoms with E-state index in [2.05, 4.69) is 5.10 Å². The first kappa shape index (κ1) is 10.3. The van der Waals surface area contributed by atoms with Crippen molar-refractivity contribution in [2.45, 2.75) is 13.0 Å². The molecule has 0 aliphatic rings. The standard InChI is InChI=1S/C10H11ClN2O2/c1-6-3-4-15-10(6)9(14)8-7(11)5-12-13(8)2/h3-5,9,14H,1-2H3. The van der Waals surface area contributed by atoms with Crippen molar-refractivity contribution in [1.29, 1.82) is 0 Å². The molecule has 0 aromatic carbocycles. The van der Waals surface area contributed by atoms with E-state index < -0.39 is 6.10 Å². The molecule has 0 aliphatic carbocycles. The first-order valence-electron chi connectivity index (χ1n) is 4.50. The Hall–Kier alpha value is -1.26. The Morgan fingerprint density at radius 2 is 2.33 bits per heavy atom. The Morgan fingerprint density at radius 1 is 1.60 bits per heavy atom. The molecule has 0 radical (unpaired) electrons. The van der Waals surface area contributed by atoms with Gasteiger partial charge in [0.25, 0.3) is 0 Å². The molecular formula is C10H11ClN2O2. The summed E-state index contributed by atoms with van der Waals surface area (Å²) in [5.74, 6) is 0.500. The Kier molecular flexibility index (Phi) is 2.54. The second-order valence-electron chi connectivity index (χ2n) is 3.37. The second kappa shape index (κ2) is 3.72. The fourth-order valence-electron chi connectivity index (χ4n) is 1.52. The zero-order valence-electron chi connectivity index (χ0n) is 8.44. The number of nitrogens with zero attached hydrogens (tertiary/aromatic N) is 2. The summed E-state index contributed by atoms with van der Waals surface area (Å²) in [6, 6.07) is 1.79. The minimum absolute atomic E-state index is 0.431. The number of aliphatic hydroxyl groups is 1. The maximum Gasteiger partial charge on any atom is 0.155 e. The Bertz CT molecular complexity index is 456. The average Bonchev–Trinajstić information content (AvgIpc) is 2.73. The van der Waals surface area contributed by atoms with Crippen molar-refractivity contribution in [1.82, 2.24) is 9.78 Å². The van der Waals surface area contributed by atoms with Crippen LogP contribution in [-0.4, -0.2) is 14.9 Å². The summed E-state index contributed by atoms with van der Waals surface area (Å²) in [6.45, 7) is 1.87. The van der Waals surface area contributed by atoms with Crippen LogP contribution in [0.1, 0.15) is 23.1 Å². The van der Waals surface area contributed by atoms with Gasteiger partial charge in [0.05, 0.1) is 23.2 Å². The van der Waals surface area contributed by atoms with E-state index in [1.165, 1.54) is 17.1 Å². The molecule has 0 spiro atoms. The maximum atomic E-state index is 10.1. The first-order chi connectivity index (χ1) is 7.11. The molecule has 80 valence electrons. The molecule has 0 saturated heterocycles. The number of hydrogen-bond acceptors (Lipinski definition) is 3. The van der Waals surface area contributed by atoms with Crippen LogP contribution in [0.4, 0.5) is 0 Å². The van der Waals surface area contributed by atoms with Gasteiger partial charge in [0.1, 0.15) is 5.76 Å². The van der Waals surface area contributed by atoms with Gasteiger partial charge in [0.15, 0.2) is 6.10 Å². The molecule has 4 nitrogen and oxygen atoms in total. The highest BCUT2D eigenvalue weighted by Gasteiger charge is 2.22. The van der Waals surface area contributed by atoms with Crippen molar-refractivity contribution < 1.29 is 9.52 Å².